The summed E-state index contributed by atoms with van der Waals surface area (Å²) in [5.74, 6) is -1.09. The zero-order valence-electron chi connectivity index (χ0n) is 20.1. The largest absolute Gasteiger partial charge is 0.477 e. The van der Waals surface area contributed by atoms with E-state index in [2.05, 4.69) is 33.9 Å². The lowest BCUT2D eigenvalue weighted by atomic mass is 10.1. The van der Waals surface area contributed by atoms with Crippen molar-refractivity contribution in [1.29, 1.82) is 0 Å². The predicted octanol–water partition coefficient (Wildman–Crippen LogP) is 4.50. The number of fused-ring (bicyclic) bond motifs is 1. The van der Waals surface area contributed by atoms with Gasteiger partial charge in [-0.2, -0.15) is 0 Å². The number of aromatic nitrogens is 2. The normalized spacial score (nSPS) is 12.4. The molecule has 7 nitrogen and oxygen atoms in total. The highest BCUT2D eigenvalue weighted by Crippen LogP contribution is 2.36. The van der Waals surface area contributed by atoms with Gasteiger partial charge in [0.15, 0.2) is 8.32 Å². The quantitative estimate of drug-likeness (QED) is 0.472. The molecule has 0 aliphatic rings. The summed E-state index contributed by atoms with van der Waals surface area (Å²) in [5, 5.41) is 9.92. The molecule has 0 amide bonds. The van der Waals surface area contributed by atoms with Crippen molar-refractivity contribution in [2.75, 3.05) is 6.61 Å². The van der Waals surface area contributed by atoms with Gasteiger partial charge in [0, 0.05) is 6.54 Å². The average molecular weight is 489 g/mol. The molecule has 1 aromatic carbocycles. The molecule has 0 atom stereocenters. The molecule has 0 aliphatic heterocycles. The van der Waals surface area contributed by atoms with Gasteiger partial charge in [-0.25, -0.2) is 9.59 Å². The number of aryl methyl sites for hydroxylation is 3. The Morgan fingerprint density at radius 2 is 1.73 bits per heavy atom. The SMILES string of the molecule is Cc1c(C(=O)O)sc2c1c(=O)n(CCO[Si](C)(C)C(C)(C)C)c(=O)n2CCc1ccccc1. The van der Waals surface area contributed by atoms with Crippen LogP contribution in [0.1, 0.15) is 41.6 Å². The van der Waals surface area contributed by atoms with Gasteiger partial charge in [0.25, 0.3) is 5.56 Å². The van der Waals surface area contributed by atoms with Crippen LogP contribution in [0.4, 0.5) is 0 Å². The number of carboxylic acid groups (broad SMARTS) is 1. The molecule has 33 heavy (non-hydrogen) atoms. The van der Waals surface area contributed by atoms with Gasteiger partial charge in [-0.15, -0.1) is 11.3 Å². The summed E-state index contributed by atoms with van der Waals surface area (Å²) in [6.07, 6.45) is 0.591. The second-order valence-electron chi connectivity index (χ2n) is 9.78. The minimum atomic E-state index is -2.04. The second kappa shape index (κ2) is 9.40. The first-order valence-electron chi connectivity index (χ1n) is 11.0. The Kier molecular flexibility index (Phi) is 7.16. The molecule has 178 valence electrons. The van der Waals surface area contributed by atoms with E-state index < -0.39 is 25.5 Å². The standard InChI is InChI=1S/C24H32N2O5SSi/c1-16-18-20(27)25(14-15-31-33(5,6)24(2,3)4)23(30)26(21(18)32-19(16)22(28)29)13-12-17-10-8-7-9-11-17/h7-11H,12-15H2,1-6H3,(H,28,29). The first-order chi connectivity index (χ1) is 15.3. The van der Waals surface area contributed by atoms with E-state index >= 15 is 0 Å². The number of nitrogens with zero attached hydrogens (tertiary/aromatic N) is 2. The van der Waals surface area contributed by atoms with Crippen LogP contribution >= 0.6 is 11.3 Å². The van der Waals surface area contributed by atoms with Crippen molar-refractivity contribution in [3.8, 4) is 0 Å². The molecule has 0 radical (unpaired) electrons. The Morgan fingerprint density at radius 3 is 2.30 bits per heavy atom. The zero-order valence-corrected chi connectivity index (χ0v) is 21.9. The molecule has 3 aromatic rings. The van der Waals surface area contributed by atoms with Crippen LogP contribution in [0.2, 0.25) is 18.1 Å². The van der Waals surface area contributed by atoms with Crippen molar-refractivity contribution in [2.45, 2.75) is 65.3 Å². The van der Waals surface area contributed by atoms with Gasteiger partial charge in [0.05, 0.1) is 18.5 Å². The fourth-order valence-electron chi connectivity index (χ4n) is 3.49. The van der Waals surface area contributed by atoms with Gasteiger partial charge in [-0.05, 0) is 42.6 Å². The van der Waals surface area contributed by atoms with Crippen molar-refractivity contribution in [3.63, 3.8) is 0 Å². The van der Waals surface area contributed by atoms with E-state index in [4.69, 9.17) is 4.43 Å². The summed E-state index contributed by atoms with van der Waals surface area (Å²) < 4.78 is 8.94. The number of aromatic carboxylic acids is 1. The molecular weight excluding hydrogens is 456 g/mol. The van der Waals surface area contributed by atoms with Gasteiger partial charge < -0.3 is 9.53 Å². The predicted molar refractivity (Wildman–Crippen MR) is 135 cm³/mol. The van der Waals surface area contributed by atoms with E-state index in [0.29, 0.717) is 28.7 Å². The summed E-state index contributed by atoms with van der Waals surface area (Å²) in [4.78, 5) is 39.0. The molecule has 2 heterocycles. The average Bonchev–Trinajstić information content (AvgIpc) is 3.07. The second-order valence-corrected chi connectivity index (χ2v) is 15.6. The minimum Gasteiger partial charge on any atom is -0.477 e. The minimum absolute atomic E-state index is 0.0120. The Labute approximate surface area is 198 Å². The molecule has 0 fully saturated rings. The molecule has 0 saturated carbocycles. The van der Waals surface area contributed by atoms with Gasteiger partial charge >= 0.3 is 11.7 Å². The van der Waals surface area contributed by atoms with Crippen LogP contribution in [-0.4, -0.2) is 35.1 Å². The number of thiophene rings is 1. The molecule has 0 unspecified atom stereocenters. The highest BCUT2D eigenvalue weighted by atomic mass is 32.1. The van der Waals surface area contributed by atoms with Crippen molar-refractivity contribution < 1.29 is 14.3 Å². The molecule has 1 N–H and O–H groups in total. The third-order valence-corrected chi connectivity index (χ3v) is 12.4. The molecule has 0 aliphatic carbocycles. The van der Waals surface area contributed by atoms with Crippen LogP contribution in [0.5, 0.6) is 0 Å². The van der Waals surface area contributed by atoms with E-state index in [1.165, 1.54) is 4.57 Å². The van der Waals surface area contributed by atoms with Crippen LogP contribution in [0, 0.1) is 6.92 Å². The first kappa shape index (κ1) is 25.1. The van der Waals surface area contributed by atoms with E-state index in [-0.39, 0.29) is 23.1 Å². The number of benzene rings is 1. The van der Waals surface area contributed by atoms with Crippen molar-refractivity contribution in [2.24, 2.45) is 0 Å². The maximum absolute atomic E-state index is 13.4. The van der Waals surface area contributed by atoms with E-state index in [9.17, 15) is 19.5 Å². The fourth-order valence-corrected chi connectivity index (χ4v) is 5.68. The Hall–Kier alpha value is -2.49. The molecule has 3 rings (SSSR count). The molecule has 0 bridgehead atoms. The lowest BCUT2D eigenvalue weighted by molar-refractivity contribution is 0.0701. The molecular formula is C24H32N2O5SSi. The van der Waals surface area contributed by atoms with Crippen LogP contribution in [0.25, 0.3) is 10.2 Å². The van der Waals surface area contributed by atoms with E-state index in [1.54, 1.807) is 11.5 Å². The van der Waals surface area contributed by atoms with E-state index in [1.807, 2.05) is 30.3 Å². The summed E-state index contributed by atoms with van der Waals surface area (Å²) in [6, 6.07) is 9.76. The highest BCUT2D eigenvalue weighted by molar-refractivity contribution is 7.20. The van der Waals surface area contributed by atoms with Gasteiger partial charge in [0.1, 0.15) is 9.71 Å². The summed E-state index contributed by atoms with van der Waals surface area (Å²) in [5.41, 5.74) is 0.579. The molecule has 0 spiro atoms. The van der Waals surface area contributed by atoms with E-state index in [0.717, 1.165) is 16.9 Å². The molecule has 0 saturated heterocycles. The maximum Gasteiger partial charge on any atom is 0.346 e. The number of carboxylic acids is 1. The van der Waals surface area contributed by atoms with Crippen LogP contribution in [-0.2, 0) is 23.9 Å². The number of hydrogen-bond donors (Lipinski definition) is 1. The zero-order chi connectivity index (χ0) is 24.6. The summed E-state index contributed by atoms with van der Waals surface area (Å²) in [7, 11) is -2.04. The monoisotopic (exact) mass is 488 g/mol. The third-order valence-electron chi connectivity index (χ3n) is 6.54. The topological polar surface area (TPSA) is 90.5 Å². The van der Waals surface area contributed by atoms with Crippen LogP contribution < -0.4 is 11.2 Å². The van der Waals surface area contributed by atoms with Crippen molar-refractivity contribution >= 4 is 35.8 Å². The van der Waals surface area contributed by atoms with Gasteiger partial charge in [-0.3, -0.25) is 13.9 Å². The highest BCUT2D eigenvalue weighted by Gasteiger charge is 2.37. The Morgan fingerprint density at radius 1 is 1.09 bits per heavy atom. The van der Waals surface area contributed by atoms with Crippen LogP contribution in [0.3, 0.4) is 0 Å². The molecule has 2 aromatic heterocycles. The van der Waals surface area contributed by atoms with Gasteiger partial charge in [-0.1, -0.05) is 51.1 Å². The van der Waals surface area contributed by atoms with Gasteiger partial charge in [0.2, 0.25) is 0 Å². The number of rotatable bonds is 8. The molecule has 9 heteroatoms. The fraction of sp³-hybridized carbons (Fsp3) is 0.458. The Balaban J connectivity index is 2.06. The maximum atomic E-state index is 13.4. The first-order valence-corrected chi connectivity index (χ1v) is 14.8. The number of carbonyl (C=O) groups is 1. The van der Waals surface area contributed by atoms with Crippen molar-refractivity contribution in [1.82, 2.24) is 9.13 Å². The Bertz CT molecular complexity index is 1280. The smallest absolute Gasteiger partial charge is 0.346 e. The number of hydrogen-bond acceptors (Lipinski definition) is 5. The van der Waals surface area contributed by atoms with Crippen LogP contribution in [0.15, 0.2) is 39.9 Å². The summed E-state index contributed by atoms with van der Waals surface area (Å²) >= 11 is 0.988. The third kappa shape index (κ3) is 5.05. The summed E-state index contributed by atoms with van der Waals surface area (Å²) in [6.45, 7) is 13.0. The lowest BCUT2D eigenvalue weighted by Crippen LogP contribution is -2.44. The van der Waals surface area contributed by atoms with Crippen molar-refractivity contribution in [3.05, 3.63) is 67.2 Å². The lowest BCUT2D eigenvalue weighted by Gasteiger charge is -2.36.